The molecule has 190 valence electrons. The number of benzene rings is 1. The smallest absolute Gasteiger partial charge is 0.303 e. The van der Waals surface area contributed by atoms with Gasteiger partial charge in [0.2, 0.25) is 0 Å². The highest BCUT2D eigenvalue weighted by Crippen LogP contribution is 2.45. The molecule has 1 aromatic carbocycles. The van der Waals surface area contributed by atoms with E-state index >= 15 is 0 Å². The van der Waals surface area contributed by atoms with Gasteiger partial charge in [-0.2, -0.15) is 0 Å². The third-order valence-electron chi connectivity index (χ3n) is 6.93. The molecule has 0 saturated heterocycles. The Kier molecular flexibility index (Phi) is 9.70. The molecule has 1 fully saturated rings. The van der Waals surface area contributed by atoms with Crippen molar-refractivity contribution in [2.24, 2.45) is 17.3 Å². The number of Topliss-reactive ketones (excluding diaryl/α,β-unsaturated/α-hetero) is 1. The van der Waals surface area contributed by atoms with Gasteiger partial charge in [0.25, 0.3) is 0 Å². The van der Waals surface area contributed by atoms with E-state index in [0.29, 0.717) is 25.7 Å². The van der Waals surface area contributed by atoms with Crippen LogP contribution in [0.3, 0.4) is 0 Å². The number of hydrogen-bond acceptors (Lipinski definition) is 5. The van der Waals surface area contributed by atoms with Crippen LogP contribution in [0.1, 0.15) is 57.2 Å². The quantitative estimate of drug-likeness (QED) is 0.230. The highest BCUT2D eigenvalue weighted by atomic mass is 35.5. The molecule has 7 heteroatoms. The second-order valence-corrected chi connectivity index (χ2v) is 11.4. The molecule has 2 aromatic rings. The average Bonchev–Trinajstić information content (AvgIpc) is 3.22. The van der Waals surface area contributed by atoms with Crippen LogP contribution >= 0.6 is 22.9 Å². The Hall–Kier alpha value is -1.99. The standard InChI is InChI=1S/C28H35ClO5S/c1-28(2)26(33)19(10-6-4-3-5-7-13-24(31)32)20(27(28)34)16-14-18(30)15-17-23-25(29)21-11-8-9-12-22(21)35-23/h4,6,8-9,11-12,14,16,18-20,27,30,34H,3,5,7,10,13,15,17H2,1-2H3,(H,31,32)/b6-4-,16-14+/t18-,19+,20+,27-/m0/s1. The number of aryl methyl sites for hydroxylation is 1. The van der Waals surface area contributed by atoms with E-state index in [1.165, 1.54) is 0 Å². The number of ketones is 1. The van der Waals surface area contributed by atoms with E-state index in [2.05, 4.69) is 0 Å². The Morgan fingerprint density at radius 1 is 1.23 bits per heavy atom. The van der Waals surface area contributed by atoms with Gasteiger partial charge in [-0.15, -0.1) is 11.3 Å². The van der Waals surface area contributed by atoms with Crippen molar-refractivity contribution < 1.29 is 24.9 Å². The summed E-state index contributed by atoms with van der Waals surface area (Å²) < 4.78 is 1.13. The number of rotatable bonds is 12. The first kappa shape index (κ1) is 27.6. The van der Waals surface area contributed by atoms with Gasteiger partial charge in [0.15, 0.2) is 0 Å². The number of carbonyl (C=O) groups is 2. The monoisotopic (exact) mass is 518 g/mol. The number of carboxylic acid groups (broad SMARTS) is 1. The first-order valence-corrected chi connectivity index (χ1v) is 13.4. The van der Waals surface area contributed by atoms with E-state index in [4.69, 9.17) is 16.7 Å². The third-order valence-corrected chi connectivity index (χ3v) is 8.71. The summed E-state index contributed by atoms with van der Waals surface area (Å²) in [4.78, 5) is 24.6. The van der Waals surface area contributed by atoms with Gasteiger partial charge >= 0.3 is 5.97 Å². The largest absolute Gasteiger partial charge is 0.481 e. The SMILES string of the molecule is CC1(C)C(=O)[C@H](C/C=C\CCCCC(=O)O)[C@@H](/C=C/[C@H](O)CCc2sc3ccccc3c2Cl)[C@@H]1O. The van der Waals surface area contributed by atoms with Crippen molar-refractivity contribution in [3.05, 3.63) is 58.5 Å². The number of unbranched alkanes of at least 4 members (excludes halogenated alkanes) is 2. The van der Waals surface area contributed by atoms with E-state index in [1.54, 1.807) is 37.3 Å². The third kappa shape index (κ3) is 6.82. The number of carboxylic acids is 1. The molecular formula is C28H35ClO5S. The molecule has 0 spiro atoms. The number of fused-ring (bicyclic) bond motifs is 1. The van der Waals surface area contributed by atoms with Crippen LogP contribution in [0.15, 0.2) is 48.6 Å². The second-order valence-electron chi connectivity index (χ2n) is 9.89. The lowest BCUT2D eigenvalue weighted by Crippen LogP contribution is -2.31. The maximum Gasteiger partial charge on any atom is 0.303 e. The Morgan fingerprint density at radius 2 is 1.97 bits per heavy atom. The topological polar surface area (TPSA) is 94.8 Å². The predicted octanol–water partition coefficient (Wildman–Crippen LogP) is 6.20. The van der Waals surface area contributed by atoms with E-state index in [-0.39, 0.29) is 24.0 Å². The van der Waals surface area contributed by atoms with Crippen molar-refractivity contribution in [1.29, 1.82) is 0 Å². The van der Waals surface area contributed by atoms with Crippen LogP contribution in [0.5, 0.6) is 0 Å². The molecule has 35 heavy (non-hydrogen) atoms. The second kappa shape index (κ2) is 12.3. The zero-order chi connectivity index (χ0) is 25.6. The normalized spacial score (nSPS) is 23.1. The average molecular weight is 519 g/mol. The molecule has 5 nitrogen and oxygen atoms in total. The molecule has 1 aliphatic rings. The van der Waals surface area contributed by atoms with Gasteiger partial charge in [-0.25, -0.2) is 0 Å². The fourth-order valence-corrected chi connectivity index (χ4v) is 6.30. The zero-order valence-corrected chi connectivity index (χ0v) is 21.9. The van der Waals surface area contributed by atoms with Crippen LogP contribution in [-0.4, -0.2) is 39.3 Å². The van der Waals surface area contributed by atoms with Gasteiger partial charge in [0.05, 0.1) is 22.6 Å². The molecule has 1 aromatic heterocycles. The van der Waals surface area contributed by atoms with Crippen molar-refractivity contribution in [2.45, 2.75) is 71.0 Å². The number of halogens is 1. The Bertz CT molecular complexity index is 1090. The summed E-state index contributed by atoms with van der Waals surface area (Å²) in [7, 11) is 0. The number of thiophene rings is 1. The fraction of sp³-hybridized carbons (Fsp3) is 0.500. The summed E-state index contributed by atoms with van der Waals surface area (Å²) in [6.07, 6.45) is 9.94. The molecule has 0 amide bonds. The Morgan fingerprint density at radius 3 is 2.69 bits per heavy atom. The van der Waals surface area contributed by atoms with Crippen LogP contribution in [0.25, 0.3) is 10.1 Å². The van der Waals surface area contributed by atoms with E-state index in [0.717, 1.165) is 32.8 Å². The van der Waals surface area contributed by atoms with Crippen LogP contribution in [-0.2, 0) is 16.0 Å². The molecule has 0 unspecified atom stereocenters. The molecule has 1 heterocycles. The summed E-state index contributed by atoms with van der Waals surface area (Å²) in [6.45, 7) is 3.55. The number of aliphatic hydroxyl groups is 2. The minimum Gasteiger partial charge on any atom is -0.481 e. The van der Waals surface area contributed by atoms with Crippen molar-refractivity contribution >= 4 is 44.8 Å². The minimum atomic E-state index is -0.843. The van der Waals surface area contributed by atoms with Crippen LogP contribution in [0, 0.1) is 17.3 Å². The van der Waals surface area contributed by atoms with Crippen LogP contribution in [0.2, 0.25) is 5.02 Å². The Labute approximate surface area is 216 Å². The van der Waals surface area contributed by atoms with Gasteiger partial charge in [-0.1, -0.05) is 68.0 Å². The van der Waals surface area contributed by atoms with Crippen LogP contribution < -0.4 is 0 Å². The highest BCUT2D eigenvalue weighted by Gasteiger charge is 2.52. The number of aliphatic carboxylic acids is 1. The summed E-state index contributed by atoms with van der Waals surface area (Å²) in [6, 6.07) is 7.98. The molecule has 1 aliphatic carbocycles. The molecule has 0 aliphatic heterocycles. The van der Waals surface area contributed by atoms with Crippen molar-refractivity contribution in [3.63, 3.8) is 0 Å². The molecular weight excluding hydrogens is 484 g/mol. The van der Waals surface area contributed by atoms with Crippen molar-refractivity contribution in [1.82, 2.24) is 0 Å². The maximum atomic E-state index is 13.0. The Balaban J connectivity index is 1.58. The van der Waals surface area contributed by atoms with Gasteiger partial charge in [-0.05, 0) is 44.6 Å². The van der Waals surface area contributed by atoms with Crippen molar-refractivity contribution in [3.8, 4) is 0 Å². The summed E-state index contributed by atoms with van der Waals surface area (Å²) >= 11 is 8.16. The lowest BCUT2D eigenvalue weighted by molar-refractivity contribution is -0.137. The molecule has 3 rings (SSSR count). The van der Waals surface area contributed by atoms with Crippen molar-refractivity contribution in [2.75, 3.05) is 0 Å². The zero-order valence-electron chi connectivity index (χ0n) is 20.3. The van der Waals surface area contributed by atoms with Gasteiger partial charge in [-0.3, -0.25) is 9.59 Å². The van der Waals surface area contributed by atoms with Gasteiger partial charge < -0.3 is 15.3 Å². The van der Waals surface area contributed by atoms with Gasteiger partial charge in [0, 0.05) is 33.2 Å². The molecule has 4 atom stereocenters. The van der Waals surface area contributed by atoms with E-state index < -0.39 is 23.6 Å². The summed E-state index contributed by atoms with van der Waals surface area (Å²) in [5.74, 6) is -1.47. The maximum absolute atomic E-state index is 13.0. The molecule has 3 N–H and O–H groups in total. The molecule has 1 saturated carbocycles. The minimum absolute atomic E-state index is 0.0294. The molecule has 0 radical (unpaired) electrons. The first-order chi connectivity index (χ1) is 16.6. The number of aliphatic hydroxyl groups excluding tert-OH is 2. The van der Waals surface area contributed by atoms with E-state index in [1.807, 2.05) is 36.4 Å². The first-order valence-electron chi connectivity index (χ1n) is 12.2. The number of allylic oxidation sites excluding steroid dienone is 2. The summed E-state index contributed by atoms with van der Waals surface area (Å²) in [5, 5.41) is 31.9. The lowest BCUT2D eigenvalue weighted by Gasteiger charge is -2.22. The number of hydrogen-bond donors (Lipinski definition) is 3. The van der Waals surface area contributed by atoms with Gasteiger partial charge in [0.1, 0.15) is 5.78 Å². The highest BCUT2D eigenvalue weighted by molar-refractivity contribution is 7.19. The fourth-order valence-electron chi connectivity index (χ4n) is 4.76. The summed E-state index contributed by atoms with van der Waals surface area (Å²) in [5.41, 5.74) is -0.843. The predicted molar refractivity (Wildman–Crippen MR) is 142 cm³/mol. The lowest BCUT2D eigenvalue weighted by atomic mass is 9.86. The van der Waals surface area contributed by atoms with Crippen LogP contribution in [0.4, 0.5) is 0 Å². The van der Waals surface area contributed by atoms with E-state index in [9.17, 15) is 19.8 Å². The molecule has 0 bridgehead atoms. The number of carbonyl (C=O) groups excluding carboxylic acids is 1.